The van der Waals surface area contributed by atoms with E-state index in [1.807, 2.05) is 0 Å². The van der Waals surface area contributed by atoms with Gasteiger partial charge in [-0.2, -0.15) is 0 Å². The van der Waals surface area contributed by atoms with Crippen molar-refractivity contribution in [3.8, 4) is 44.5 Å². The molecular weight excluding hydrogens is 745 g/mol. The maximum absolute atomic E-state index is 6.62. The summed E-state index contributed by atoms with van der Waals surface area (Å²) in [4.78, 5) is 0. The van der Waals surface area contributed by atoms with Crippen molar-refractivity contribution in [3.05, 3.63) is 193 Å². The highest BCUT2D eigenvalue weighted by atomic mass is 16.3. The molecule has 3 heterocycles. The van der Waals surface area contributed by atoms with Crippen molar-refractivity contribution in [2.75, 3.05) is 0 Å². The lowest BCUT2D eigenvalue weighted by atomic mass is 9.77. The Morgan fingerprint density at radius 1 is 0.377 bits per heavy atom. The Kier molecular flexibility index (Phi) is 6.98. The molecular formula is C58H40O3. The Hall–Kier alpha value is -7.36. The molecule has 11 aromatic rings. The van der Waals surface area contributed by atoms with Crippen molar-refractivity contribution >= 4 is 65.8 Å². The van der Waals surface area contributed by atoms with E-state index in [0.29, 0.717) is 0 Å². The molecule has 0 amide bonds. The van der Waals surface area contributed by atoms with Crippen molar-refractivity contribution < 1.29 is 13.3 Å². The molecule has 61 heavy (non-hydrogen) atoms. The summed E-state index contributed by atoms with van der Waals surface area (Å²) >= 11 is 0. The second kappa shape index (κ2) is 12.3. The van der Waals surface area contributed by atoms with Crippen LogP contribution in [0.4, 0.5) is 0 Å². The lowest BCUT2D eigenvalue weighted by Crippen LogP contribution is -2.19. The van der Waals surface area contributed by atoms with Crippen molar-refractivity contribution in [2.45, 2.75) is 38.0 Å². The van der Waals surface area contributed by atoms with E-state index in [2.05, 4.69) is 197 Å². The summed E-state index contributed by atoms with van der Waals surface area (Å²) in [7, 11) is 0. The van der Waals surface area contributed by atoms with E-state index in [1.54, 1.807) is 0 Å². The summed E-state index contributed by atoms with van der Waals surface area (Å²) in [6.07, 6.45) is 9.84. The first-order chi connectivity index (χ1) is 29.8. The third-order valence-corrected chi connectivity index (χ3v) is 13.9. The Balaban J connectivity index is 0.882. The minimum atomic E-state index is -0.208. The number of furan rings is 3. The summed E-state index contributed by atoms with van der Waals surface area (Å²) in [5, 5.41) is 6.82. The molecule has 0 radical (unpaired) electrons. The van der Waals surface area contributed by atoms with Gasteiger partial charge in [-0.1, -0.05) is 118 Å². The van der Waals surface area contributed by atoms with Gasteiger partial charge in [0.15, 0.2) is 0 Å². The number of benzene rings is 8. The zero-order valence-electron chi connectivity index (χ0n) is 34.2. The molecule has 0 bridgehead atoms. The molecule has 8 aromatic carbocycles. The third kappa shape index (κ3) is 5.10. The third-order valence-electron chi connectivity index (χ3n) is 13.9. The average Bonchev–Trinajstić information content (AvgIpc) is 4.02. The zero-order chi connectivity index (χ0) is 40.6. The van der Waals surface area contributed by atoms with Crippen LogP contribution >= 0.6 is 0 Å². The van der Waals surface area contributed by atoms with Gasteiger partial charge in [0, 0.05) is 43.1 Å². The first-order valence-electron chi connectivity index (χ1n) is 21.3. The number of allylic oxidation sites excluding steroid dienone is 4. The summed E-state index contributed by atoms with van der Waals surface area (Å²) in [6.45, 7) is 6.99. The molecule has 0 spiro atoms. The molecule has 1 atom stereocenters. The second-order valence-electron chi connectivity index (χ2n) is 17.9. The van der Waals surface area contributed by atoms with Gasteiger partial charge in [0.25, 0.3) is 0 Å². The van der Waals surface area contributed by atoms with Gasteiger partial charge in [0.1, 0.15) is 33.5 Å². The van der Waals surface area contributed by atoms with Gasteiger partial charge >= 0.3 is 0 Å². The van der Waals surface area contributed by atoms with Gasteiger partial charge in [-0.25, -0.2) is 0 Å². The molecule has 0 N–H and O–H groups in total. The van der Waals surface area contributed by atoms with Crippen LogP contribution in [0.15, 0.2) is 189 Å². The fraction of sp³-hybridized carbons (Fsp3) is 0.103. The summed E-state index contributed by atoms with van der Waals surface area (Å²) in [6, 6.07) is 55.1. The van der Waals surface area contributed by atoms with Crippen LogP contribution in [-0.4, -0.2) is 0 Å². The van der Waals surface area contributed by atoms with Gasteiger partial charge in [-0.05, 0) is 146 Å². The van der Waals surface area contributed by atoms with Gasteiger partial charge < -0.3 is 13.3 Å². The standard InChI is InChI=1S/C58H40O3/c1-57(2)49-30-39(38-16-21-52-44(29-38)43-26-35(13-19-51(43)59-52)34-10-6-4-7-11-34)12-18-41(49)42-32-48-46-28-37(15-22-54(46)61-56(48)33-50(42)57)36-14-20-53-45(27-36)47-31-40(17-23-55(47)60-53)58(3)24-8-5-9-25-58/h4-24,26-33H,25H2,1-3H3. The fourth-order valence-corrected chi connectivity index (χ4v) is 10.4. The molecule has 3 aromatic heterocycles. The number of fused-ring (bicyclic) bond motifs is 12. The Labute approximate surface area is 352 Å². The lowest BCUT2D eigenvalue weighted by molar-refractivity contribution is 0.600. The molecule has 13 rings (SSSR count). The van der Waals surface area contributed by atoms with Crippen molar-refractivity contribution in [3.63, 3.8) is 0 Å². The van der Waals surface area contributed by atoms with E-state index in [1.165, 1.54) is 50.1 Å². The van der Waals surface area contributed by atoms with E-state index in [9.17, 15) is 0 Å². The van der Waals surface area contributed by atoms with E-state index in [0.717, 1.165) is 83.4 Å². The molecule has 0 saturated heterocycles. The van der Waals surface area contributed by atoms with Crippen LogP contribution in [0, 0.1) is 0 Å². The fourth-order valence-electron chi connectivity index (χ4n) is 10.4. The Morgan fingerprint density at radius 2 is 0.852 bits per heavy atom. The highest BCUT2D eigenvalue weighted by Crippen LogP contribution is 2.52. The molecule has 2 aliphatic rings. The zero-order valence-corrected chi connectivity index (χ0v) is 34.2. The van der Waals surface area contributed by atoms with Crippen molar-refractivity contribution in [1.82, 2.24) is 0 Å². The molecule has 0 aliphatic heterocycles. The van der Waals surface area contributed by atoms with Crippen LogP contribution < -0.4 is 0 Å². The van der Waals surface area contributed by atoms with E-state index in [4.69, 9.17) is 13.3 Å². The van der Waals surface area contributed by atoms with E-state index >= 15 is 0 Å². The maximum Gasteiger partial charge on any atom is 0.135 e. The first kappa shape index (κ1) is 34.5. The van der Waals surface area contributed by atoms with Crippen molar-refractivity contribution in [2.24, 2.45) is 0 Å². The van der Waals surface area contributed by atoms with Gasteiger partial charge in [0.05, 0.1) is 0 Å². The number of hydrogen-bond donors (Lipinski definition) is 0. The monoisotopic (exact) mass is 784 g/mol. The van der Waals surface area contributed by atoms with Crippen LogP contribution in [0.25, 0.3) is 110 Å². The quantitative estimate of drug-likeness (QED) is 0.178. The molecule has 290 valence electrons. The lowest BCUT2D eigenvalue weighted by Gasteiger charge is -2.27. The summed E-state index contributed by atoms with van der Waals surface area (Å²) < 4.78 is 19.3. The van der Waals surface area contributed by atoms with Crippen molar-refractivity contribution in [1.29, 1.82) is 0 Å². The second-order valence-corrected chi connectivity index (χ2v) is 17.9. The topological polar surface area (TPSA) is 39.4 Å². The number of hydrogen-bond acceptors (Lipinski definition) is 3. The smallest absolute Gasteiger partial charge is 0.135 e. The first-order valence-corrected chi connectivity index (χ1v) is 21.3. The Bertz CT molecular complexity index is 3710. The largest absolute Gasteiger partial charge is 0.456 e. The van der Waals surface area contributed by atoms with Crippen LogP contribution in [0.3, 0.4) is 0 Å². The van der Waals surface area contributed by atoms with E-state index < -0.39 is 0 Å². The molecule has 0 saturated carbocycles. The van der Waals surface area contributed by atoms with Gasteiger partial charge in [-0.3, -0.25) is 0 Å². The molecule has 2 aliphatic carbocycles. The normalized spacial score (nSPS) is 16.8. The highest BCUT2D eigenvalue weighted by Gasteiger charge is 2.37. The van der Waals surface area contributed by atoms with Gasteiger partial charge in [-0.15, -0.1) is 0 Å². The predicted molar refractivity (Wildman–Crippen MR) is 252 cm³/mol. The molecule has 0 fully saturated rings. The molecule has 1 unspecified atom stereocenters. The highest BCUT2D eigenvalue weighted by molar-refractivity contribution is 6.11. The average molecular weight is 785 g/mol. The minimum absolute atomic E-state index is 0.0326. The van der Waals surface area contributed by atoms with Gasteiger partial charge in [0.2, 0.25) is 0 Å². The predicted octanol–water partition coefficient (Wildman–Crippen LogP) is 16.5. The summed E-state index contributed by atoms with van der Waals surface area (Å²) in [5.41, 5.74) is 18.8. The summed E-state index contributed by atoms with van der Waals surface area (Å²) in [5.74, 6) is 0. The van der Waals surface area contributed by atoms with Crippen LogP contribution in [0.5, 0.6) is 0 Å². The Morgan fingerprint density at radius 3 is 1.43 bits per heavy atom. The SMILES string of the molecule is CC1(c2ccc3oc4ccc(-c5ccc6oc7cc8c(cc7c6c5)-c5ccc(-c6ccc7oc9ccc(-c%10ccccc%10)cc9c7c6)cc5C8(C)C)cc4c3c2)C=CC=CC1. The molecule has 3 heteroatoms. The van der Waals surface area contributed by atoms with Crippen LogP contribution in [-0.2, 0) is 10.8 Å². The van der Waals surface area contributed by atoms with Crippen LogP contribution in [0.1, 0.15) is 43.9 Å². The number of rotatable bonds is 4. The van der Waals surface area contributed by atoms with E-state index in [-0.39, 0.29) is 10.8 Å². The van der Waals surface area contributed by atoms with Crippen LogP contribution in [0.2, 0.25) is 0 Å². The maximum atomic E-state index is 6.62. The minimum Gasteiger partial charge on any atom is -0.456 e. The molecule has 3 nitrogen and oxygen atoms in total.